The average Bonchev–Trinajstić information content (AvgIpc) is 3.01. The van der Waals surface area contributed by atoms with Crippen molar-refractivity contribution < 1.29 is 38.9 Å². The number of carboxylic acid groups (broad SMARTS) is 2. The highest BCUT2D eigenvalue weighted by molar-refractivity contribution is 5.95. The normalized spacial score (nSPS) is 17.7. The molecule has 0 aliphatic carbocycles. The maximum absolute atomic E-state index is 12.2. The molecule has 4 rings (SSSR count). The van der Waals surface area contributed by atoms with Gasteiger partial charge in [0.05, 0.1) is 11.1 Å². The lowest BCUT2D eigenvalue weighted by Crippen LogP contribution is -2.48. The van der Waals surface area contributed by atoms with E-state index in [0.29, 0.717) is 6.04 Å². The summed E-state index contributed by atoms with van der Waals surface area (Å²) in [4.78, 5) is 49.9. The number of hydrogen-bond donors (Lipinski definition) is 3. The summed E-state index contributed by atoms with van der Waals surface area (Å²) in [7, 11) is 2.08. The number of carbonyl (C=O) groups is 4. The molecule has 1 fully saturated rings. The standard InChI is InChI=1S/C20H18O8.C14H22N2/c1-11-3-7-13(8-4-11)19(25)27-15(17(21)22)16(18(23)24)28-20(26)14-9-5-12(2)6-10-14;1-12-8-9-16(11-14(12)15-2)10-13-6-4-3-5-7-13/h3-10,15-16H,1-2H3,(H,21,22)(H,23,24);3-7,12,14-15H,8-11H2,1-2H3. The van der Waals surface area contributed by atoms with E-state index >= 15 is 0 Å². The van der Waals surface area contributed by atoms with Crippen molar-refractivity contribution in [1.82, 2.24) is 10.2 Å². The van der Waals surface area contributed by atoms with Crippen LogP contribution in [0.3, 0.4) is 0 Å². The van der Waals surface area contributed by atoms with Crippen molar-refractivity contribution in [2.24, 2.45) is 5.92 Å². The van der Waals surface area contributed by atoms with E-state index in [-0.39, 0.29) is 11.1 Å². The molecule has 0 bridgehead atoms. The SMILES string of the molecule is CNC1CN(Cc2ccccc2)CCC1C.Cc1ccc(C(=O)OC(C(=O)O)C(OC(=O)c2ccc(C)cc2)C(=O)O)cc1. The van der Waals surface area contributed by atoms with E-state index in [1.807, 2.05) is 0 Å². The van der Waals surface area contributed by atoms with Gasteiger partial charge in [0.15, 0.2) is 0 Å². The monoisotopic (exact) mass is 604 g/mol. The number of hydrogen-bond acceptors (Lipinski definition) is 8. The summed E-state index contributed by atoms with van der Waals surface area (Å²) in [6.07, 6.45) is -3.14. The van der Waals surface area contributed by atoms with Crippen LogP contribution >= 0.6 is 0 Å². The molecule has 3 aromatic rings. The van der Waals surface area contributed by atoms with Gasteiger partial charge in [0.1, 0.15) is 0 Å². The van der Waals surface area contributed by atoms with Gasteiger partial charge < -0.3 is 25.0 Å². The Morgan fingerprint density at radius 1 is 0.795 bits per heavy atom. The molecule has 0 saturated carbocycles. The molecule has 0 amide bonds. The van der Waals surface area contributed by atoms with E-state index in [9.17, 15) is 29.4 Å². The Labute approximate surface area is 257 Å². The summed E-state index contributed by atoms with van der Waals surface area (Å²) in [5, 5.41) is 22.1. The highest BCUT2D eigenvalue weighted by Gasteiger charge is 2.41. The van der Waals surface area contributed by atoms with Gasteiger partial charge in [0, 0.05) is 19.1 Å². The number of piperidine rings is 1. The van der Waals surface area contributed by atoms with E-state index in [1.165, 1.54) is 49.3 Å². The maximum atomic E-state index is 12.2. The zero-order chi connectivity index (χ0) is 32.2. The van der Waals surface area contributed by atoms with Crippen LogP contribution in [0, 0.1) is 19.8 Å². The summed E-state index contributed by atoms with van der Waals surface area (Å²) < 4.78 is 9.64. The second-order valence-electron chi connectivity index (χ2n) is 10.9. The molecule has 4 unspecified atom stereocenters. The fraction of sp³-hybridized carbons (Fsp3) is 0.353. The van der Waals surface area contributed by atoms with Crippen LogP contribution in [0.15, 0.2) is 78.9 Å². The minimum absolute atomic E-state index is 0.0332. The number of esters is 2. The second-order valence-corrected chi connectivity index (χ2v) is 10.9. The Bertz CT molecular complexity index is 1320. The molecule has 1 aliphatic heterocycles. The van der Waals surface area contributed by atoms with E-state index in [1.54, 1.807) is 38.1 Å². The number of rotatable bonds is 10. The molecule has 0 spiro atoms. The molecule has 4 atom stereocenters. The quantitative estimate of drug-likeness (QED) is 0.286. The van der Waals surface area contributed by atoms with Crippen LogP contribution in [0.2, 0.25) is 0 Å². The third-order valence-electron chi connectivity index (χ3n) is 7.47. The third-order valence-corrected chi connectivity index (χ3v) is 7.47. The van der Waals surface area contributed by atoms with Crippen LogP contribution in [0.5, 0.6) is 0 Å². The molecule has 1 saturated heterocycles. The summed E-state index contributed by atoms with van der Waals surface area (Å²) in [6, 6.07) is 23.5. The number of benzene rings is 3. The molecule has 1 aliphatic rings. The topological polar surface area (TPSA) is 142 Å². The zero-order valence-corrected chi connectivity index (χ0v) is 25.4. The van der Waals surface area contributed by atoms with Crippen molar-refractivity contribution in [1.29, 1.82) is 0 Å². The summed E-state index contributed by atoms with van der Waals surface area (Å²) in [5.41, 5.74) is 3.21. The third kappa shape index (κ3) is 10.0. The predicted octanol–water partition coefficient (Wildman–Crippen LogP) is 4.34. The van der Waals surface area contributed by atoms with Gasteiger partial charge in [-0.1, -0.05) is 72.6 Å². The van der Waals surface area contributed by atoms with Gasteiger partial charge in [-0.15, -0.1) is 0 Å². The smallest absolute Gasteiger partial charge is 0.349 e. The van der Waals surface area contributed by atoms with Crippen molar-refractivity contribution in [2.75, 3.05) is 20.1 Å². The first kappa shape index (κ1) is 34.0. The minimum atomic E-state index is -2.22. The number of ether oxygens (including phenoxy) is 2. The highest BCUT2D eigenvalue weighted by atomic mass is 16.6. The molecule has 234 valence electrons. The molecule has 0 radical (unpaired) electrons. The molecule has 0 aromatic heterocycles. The van der Waals surface area contributed by atoms with Gasteiger partial charge in [-0.3, -0.25) is 4.90 Å². The van der Waals surface area contributed by atoms with Crippen molar-refractivity contribution in [3.05, 3.63) is 107 Å². The number of nitrogens with zero attached hydrogens (tertiary/aromatic N) is 1. The predicted molar refractivity (Wildman–Crippen MR) is 164 cm³/mol. The van der Waals surface area contributed by atoms with E-state index in [4.69, 9.17) is 9.47 Å². The van der Waals surface area contributed by atoms with Gasteiger partial charge in [-0.05, 0) is 69.6 Å². The van der Waals surface area contributed by atoms with Crippen molar-refractivity contribution in [3.8, 4) is 0 Å². The van der Waals surface area contributed by atoms with Gasteiger partial charge in [0.2, 0.25) is 12.2 Å². The molecular formula is C34H40N2O8. The maximum Gasteiger partial charge on any atom is 0.349 e. The van der Waals surface area contributed by atoms with Gasteiger partial charge >= 0.3 is 23.9 Å². The first-order valence-electron chi connectivity index (χ1n) is 14.4. The Morgan fingerprint density at radius 3 is 1.66 bits per heavy atom. The largest absolute Gasteiger partial charge is 0.478 e. The number of likely N-dealkylation sites (tertiary alicyclic amines) is 1. The van der Waals surface area contributed by atoms with Crippen molar-refractivity contribution >= 4 is 23.9 Å². The Kier molecular flexibility index (Phi) is 12.6. The summed E-state index contributed by atoms with van der Waals surface area (Å²) in [5.74, 6) is -4.82. The lowest BCUT2D eigenvalue weighted by atomic mass is 9.93. The highest BCUT2D eigenvalue weighted by Crippen LogP contribution is 2.19. The molecule has 10 heteroatoms. The summed E-state index contributed by atoms with van der Waals surface area (Å²) >= 11 is 0. The molecule has 3 N–H and O–H groups in total. The van der Waals surface area contributed by atoms with Crippen LogP contribution in [0.25, 0.3) is 0 Å². The lowest BCUT2D eigenvalue weighted by Gasteiger charge is -2.37. The molecule has 10 nitrogen and oxygen atoms in total. The Hall–Kier alpha value is -4.54. The average molecular weight is 605 g/mol. The number of aliphatic carboxylic acids is 2. The van der Waals surface area contributed by atoms with Gasteiger partial charge in [-0.2, -0.15) is 0 Å². The second kappa shape index (κ2) is 16.3. The number of nitrogens with one attached hydrogen (secondary N) is 1. The number of carbonyl (C=O) groups excluding carboxylic acids is 2. The number of carboxylic acids is 2. The fourth-order valence-corrected chi connectivity index (χ4v) is 4.73. The fourth-order valence-electron chi connectivity index (χ4n) is 4.73. The zero-order valence-electron chi connectivity index (χ0n) is 25.4. The van der Waals surface area contributed by atoms with Crippen molar-refractivity contribution in [3.63, 3.8) is 0 Å². The van der Waals surface area contributed by atoms with Gasteiger partial charge in [-0.25, -0.2) is 19.2 Å². The van der Waals surface area contributed by atoms with Gasteiger partial charge in [0.25, 0.3) is 0 Å². The molecule has 44 heavy (non-hydrogen) atoms. The Morgan fingerprint density at radius 2 is 1.25 bits per heavy atom. The molecule has 1 heterocycles. The van der Waals surface area contributed by atoms with Crippen LogP contribution in [-0.2, 0) is 25.6 Å². The minimum Gasteiger partial charge on any atom is -0.478 e. The molecule has 3 aromatic carbocycles. The van der Waals surface area contributed by atoms with Crippen LogP contribution < -0.4 is 5.32 Å². The summed E-state index contributed by atoms with van der Waals surface area (Å²) in [6.45, 7) is 9.42. The van der Waals surface area contributed by atoms with E-state index in [0.717, 1.165) is 23.6 Å². The number of likely N-dealkylation sites (N-methyl/N-ethyl adjacent to an activating group) is 1. The van der Waals surface area contributed by atoms with Crippen molar-refractivity contribution in [2.45, 2.75) is 52.0 Å². The first-order valence-corrected chi connectivity index (χ1v) is 14.4. The molecular weight excluding hydrogens is 564 g/mol. The first-order chi connectivity index (χ1) is 21.0. The van der Waals surface area contributed by atoms with Crippen LogP contribution in [-0.4, -0.2) is 77.4 Å². The Balaban J connectivity index is 0.000000278. The lowest BCUT2D eigenvalue weighted by molar-refractivity contribution is -0.166. The van der Waals surface area contributed by atoms with E-state index in [2.05, 4.69) is 54.5 Å². The van der Waals surface area contributed by atoms with Crippen LogP contribution in [0.1, 0.15) is 50.8 Å². The van der Waals surface area contributed by atoms with E-state index < -0.39 is 36.1 Å². The van der Waals surface area contributed by atoms with Crippen LogP contribution in [0.4, 0.5) is 0 Å². The number of aryl methyl sites for hydroxylation is 2.